The van der Waals surface area contributed by atoms with Gasteiger partial charge in [0.25, 0.3) is 5.56 Å². The Bertz CT molecular complexity index is 513. The molecule has 0 aliphatic rings. The van der Waals surface area contributed by atoms with E-state index in [1.807, 2.05) is 0 Å². The molecule has 2 heterocycles. The summed E-state index contributed by atoms with van der Waals surface area (Å²) >= 11 is 0. The first-order valence-electron chi connectivity index (χ1n) is 3.90. The third kappa shape index (κ3) is 1.47. The summed E-state index contributed by atoms with van der Waals surface area (Å²) in [6, 6.07) is 1.32. The lowest BCUT2D eigenvalue weighted by atomic mass is 10.5. The molecule has 14 heavy (non-hydrogen) atoms. The minimum Gasteiger partial charge on any atom is -0.366 e. The molecule has 0 atom stereocenters. The van der Waals surface area contributed by atoms with E-state index in [0.29, 0.717) is 11.6 Å². The average molecular weight is 192 g/mol. The van der Waals surface area contributed by atoms with E-state index in [4.69, 9.17) is 5.73 Å². The van der Waals surface area contributed by atoms with Crippen molar-refractivity contribution in [1.82, 2.24) is 24.7 Å². The van der Waals surface area contributed by atoms with Gasteiger partial charge in [0.05, 0.1) is 0 Å². The van der Waals surface area contributed by atoms with Gasteiger partial charge in [0.1, 0.15) is 12.2 Å². The first-order chi connectivity index (χ1) is 6.65. The summed E-state index contributed by atoms with van der Waals surface area (Å²) in [5.41, 5.74) is 5.10. The van der Waals surface area contributed by atoms with Crippen LogP contribution >= 0.6 is 0 Å². The van der Waals surface area contributed by atoms with Crippen LogP contribution in [0.15, 0.2) is 17.2 Å². The molecule has 0 aliphatic carbocycles. The van der Waals surface area contributed by atoms with Crippen LogP contribution in [0.5, 0.6) is 0 Å². The number of anilines is 1. The van der Waals surface area contributed by atoms with Gasteiger partial charge in [-0.05, 0) is 6.92 Å². The fraction of sp³-hybridized carbons (Fsp3) is 0.143. The lowest BCUT2D eigenvalue weighted by Gasteiger charge is -1.98. The lowest BCUT2D eigenvalue weighted by Crippen LogP contribution is -2.12. The molecule has 0 aromatic carbocycles. The maximum absolute atomic E-state index is 11.1. The summed E-state index contributed by atoms with van der Waals surface area (Å²) < 4.78 is 1.34. The summed E-state index contributed by atoms with van der Waals surface area (Å²) in [7, 11) is 0. The van der Waals surface area contributed by atoms with E-state index in [1.54, 1.807) is 6.92 Å². The van der Waals surface area contributed by atoms with E-state index in [0.717, 1.165) is 0 Å². The molecule has 0 aliphatic heterocycles. The van der Waals surface area contributed by atoms with Crippen LogP contribution in [0.25, 0.3) is 5.82 Å². The topological polar surface area (TPSA) is 102 Å². The molecule has 0 spiro atoms. The summed E-state index contributed by atoms with van der Waals surface area (Å²) in [6.07, 6.45) is 1.40. The molecular formula is C7H8N6O. The standard InChI is InChI=1S/C7H8N6O/c1-4-10-5(2-6(14)11-4)13-3-9-7(8)12-13/h2-3H,1H3,(H2,8,12)(H,10,11,14). The van der Waals surface area contributed by atoms with Crippen LogP contribution in [0.3, 0.4) is 0 Å². The van der Waals surface area contributed by atoms with Gasteiger partial charge in [-0.3, -0.25) is 4.79 Å². The second kappa shape index (κ2) is 2.95. The van der Waals surface area contributed by atoms with Gasteiger partial charge in [-0.25, -0.2) is 14.6 Å². The number of nitrogens with two attached hydrogens (primary N) is 1. The highest BCUT2D eigenvalue weighted by atomic mass is 16.1. The van der Waals surface area contributed by atoms with Crippen LogP contribution in [0.4, 0.5) is 5.95 Å². The second-order valence-corrected chi connectivity index (χ2v) is 2.74. The smallest absolute Gasteiger partial charge is 0.253 e. The van der Waals surface area contributed by atoms with Gasteiger partial charge in [-0.1, -0.05) is 0 Å². The normalized spacial score (nSPS) is 10.4. The predicted octanol–water partition coefficient (Wildman–Crippen LogP) is -0.759. The molecule has 7 heteroatoms. The van der Waals surface area contributed by atoms with Crippen molar-refractivity contribution in [3.05, 3.63) is 28.6 Å². The Morgan fingerprint density at radius 3 is 2.93 bits per heavy atom. The van der Waals surface area contributed by atoms with Crippen LogP contribution < -0.4 is 11.3 Å². The van der Waals surface area contributed by atoms with E-state index < -0.39 is 0 Å². The van der Waals surface area contributed by atoms with E-state index in [1.165, 1.54) is 17.1 Å². The van der Waals surface area contributed by atoms with Crippen molar-refractivity contribution in [3.63, 3.8) is 0 Å². The number of hydrogen-bond donors (Lipinski definition) is 2. The predicted molar refractivity (Wildman–Crippen MR) is 48.9 cm³/mol. The van der Waals surface area contributed by atoms with Crippen molar-refractivity contribution in [1.29, 1.82) is 0 Å². The molecule has 0 bridgehead atoms. The number of aromatic nitrogens is 5. The van der Waals surface area contributed by atoms with Crippen LogP contribution in [-0.2, 0) is 0 Å². The monoisotopic (exact) mass is 192 g/mol. The third-order valence-corrected chi connectivity index (χ3v) is 1.59. The van der Waals surface area contributed by atoms with Crippen molar-refractivity contribution in [3.8, 4) is 5.82 Å². The maximum Gasteiger partial charge on any atom is 0.253 e. The Balaban J connectivity index is 2.56. The zero-order chi connectivity index (χ0) is 10.1. The molecule has 0 unspecified atom stereocenters. The minimum atomic E-state index is -0.235. The molecule has 0 fully saturated rings. The molecule has 0 saturated carbocycles. The Labute approximate surface area is 78.6 Å². The van der Waals surface area contributed by atoms with Crippen LogP contribution in [-0.4, -0.2) is 24.7 Å². The molecule has 2 aromatic rings. The zero-order valence-electron chi connectivity index (χ0n) is 7.43. The maximum atomic E-state index is 11.1. The van der Waals surface area contributed by atoms with Gasteiger partial charge in [0.2, 0.25) is 5.95 Å². The molecule has 2 aromatic heterocycles. The molecule has 7 nitrogen and oxygen atoms in total. The van der Waals surface area contributed by atoms with Gasteiger partial charge in [-0.15, -0.1) is 5.10 Å². The number of aromatic amines is 1. The molecule has 3 N–H and O–H groups in total. The number of hydrogen-bond acceptors (Lipinski definition) is 5. The van der Waals surface area contributed by atoms with Crippen molar-refractivity contribution in [2.75, 3.05) is 5.73 Å². The molecule has 0 amide bonds. The number of nitrogens with one attached hydrogen (secondary N) is 1. The number of nitrogen functional groups attached to an aromatic ring is 1. The Morgan fingerprint density at radius 2 is 2.36 bits per heavy atom. The first-order valence-corrected chi connectivity index (χ1v) is 3.90. The van der Waals surface area contributed by atoms with E-state index in [2.05, 4.69) is 20.1 Å². The molecule has 72 valence electrons. The van der Waals surface area contributed by atoms with Crippen molar-refractivity contribution < 1.29 is 0 Å². The van der Waals surface area contributed by atoms with Crippen molar-refractivity contribution >= 4 is 5.95 Å². The van der Waals surface area contributed by atoms with Gasteiger partial charge in [0.15, 0.2) is 5.82 Å². The van der Waals surface area contributed by atoms with Gasteiger partial charge in [0, 0.05) is 6.07 Å². The summed E-state index contributed by atoms with van der Waals surface area (Å²) in [5, 5.41) is 3.83. The Kier molecular flexibility index (Phi) is 1.77. The summed E-state index contributed by atoms with van der Waals surface area (Å²) in [4.78, 5) is 21.4. The van der Waals surface area contributed by atoms with E-state index >= 15 is 0 Å². The van der Waals surface area contributed by atoms with Crippen LogP contribution in [0, 0.1) is 6.92 Å². The number of aryl methyl sites for hydroxylation is 1. The molecular weight excluding hydrogens is 184 g/mol. The van der Waals surface area contributed by atoms with E-state index in [9.17, 15) is 4.79 Å². The average Bonchev–Trinajstić information content (AvgIpc) is 2.50. The van der Waals surface area contributed by atoms with Crippen molar-refractivity contribution in [2.45, 2.75) is 6.92 Å². The SMILES string of the molecule is Cc1nc(-n2cnc(N)n2)cc(=O)[nH]1. The lowest BCUT2D eigenvalue weighted by molar-refractivity contribution is 0.824. The quantitative estimate of drug-likeness (QED) is 0.618. The fourth-order valence-corrected chi connectivity index (χ4v) is 1.07. The molecule has 0 radical (unpaired) electrons. The van der Waals surface area contributed by atoms with Gasteiger partial charge in [-0.2, -0.15) is 0 Å². The van der Waals surface area contributed by atoms with E-state index in [-0.39, 0.29) is 11.5 Å². The van der Waals surface area contributed by atoms with Gasteiger partial charge >= 0.3 is 0 Å². The summed E-state index contributed by atoms with van der Waals surface area (Å²) in [6.45, 7) is 1.69. The summed E-state index contributed by atoms with van der Waals surface area (Å²) in [5.74, 6) is 1.06. The Morgan fingerprint density at radius 1 is 1.57 bits per heavy atom. The highest BCUT2D eigenvalue weighted by molar-refractivity contribution is 5.21. The largest absolute Gasteiger partial charge is 0.366 e. The van der Waals surface area contributed by atoms with Crippen molar-refractivity contribution in [2.24, 2.45) is 0 Å². The first kappa shape index (κ1) is 8.42. The molecule has 2 rings (SSSR count). The number of H-pyrrole nitrogens is 1. The Hall–Kier alpha value is -2.18. The minimum absolute atomic E-state index is 0.143. The molecule has 0 saturated heterocycles. The zero-order valence-corrected chi connectivity index (χ0v) is 7.43. The van der Waals surface area contributed by atoms with Gasteiger partial charge < -0.3 is 10.7 Å². The number of rotatable bonds is 1. The third-order valence-electron chi connectivity index (χ3n) is 1.59. The highest BCUT2D eigenvalue weighted by Crippen LogP contribution is 1.99. The van der Waals surface area contributed by atoms with Crippen LogP contribution in [0.2, 0.25) is 0 Å². The highest BCUT2D eigenvalue weighted by Gasteiger charge is 2.02. The number of nitrogens with zero attached hydrogens (tertiary/aromatic N) is 4. The fourth-order valence-electron chi connectivity index (χ4n) is 1.07. The second-order valence-electron chi connectivity index (χ2n) is 2.74. The van der Waals surface area contributed by atoms with Crippen LogP contribution in [0.1, 0.15) is 5.82 Å².